The first-order valence-corrected chi connectivity index (χ1v) is 10.7. The minimum Gasteiger partial charge on any atom is -0.611 e. The number of hydrogen-bond donors (Lipinski definition) is 0. The number of rotatable bonds is 5. The molecule has 0 radical (unpaired) electrons. The number of nitrogens with zero attached hydrogens (tertiary/aromatic N) is 1. The number of likely N-dealkylation sites (tertiary alicyclic amines) is 1. The van der Waals surface area contributed by atoms with E-state index in [0.29, 0.717) is 4.90 Å². The van der Waals surface area contributed by atoms with E-state index in [1.54, 1.807) is 12.1 Å². The average molecular weight is 394 g/mol. The van der Waals surface area contributed by atoms with Crippen LogP contribution in [0.25, 0.3) is 0 Å². The highest BCUT2D eigenvalue weighted by molar-refractivity contribution is 7.92. The molecule has 0 bridgehead atoms. The van der Waals surface area contributed by atoms with Crippen molar-refractivity contribution in [1.29, 1.82) is 0 Å². The summed E-state index contributed by atoms with van der Waals surface area (Å²) in [5.74, 6) is -0.303. The molecule has 0 aliphatic carbocycles. The molecule has 0 spiro atoms. The van der Waals surface area contributed by atoms with Crippen LogP contribution in [-0.2, 0) is 22.5 Å². The molecular weight excluding hydrogens is 369 g/mol. The topological polar surface area (TPSA) is 26.3 Å². The second-order valence-electron chi connectivity index (χ2n) is 7.53. The highest BCUT2D eigenvalue weighted by atomic mass is 32.2. The molecule has 1 aliphatic heterocycles. The maximum Gasteiger partial charge on any atom is 0.169 e. The Morgan fingerprint density at radius 1 is 0.964 bits per heavy atom. The Balaban J connectivity index is 1.66. The van der Waals surface area contributed by atoms with Crippen LogP contribution < -0.4 is 0 Å². The fraction of sp³-hybridized carbons (Fsp3) is 0.250. The van der Waals surface area contributed by atoms with Crippen LogP contribution in [0.4, 0.5) is 4.39 Å². The van der Waals surface area contributed by atoms with E-state index in [1.807, 2.05) is 6.07 Å². The van der Waals surface area contributed by atoms with E-state index in [1.165, 1.54) is 23.3 Å². The summed E-state index contributed by atoms with van der Waals surface area (Å²) in [5.41, 5.74) is 3.54. The number of benzene rings is 3. The first-order valence-electron chi connectivity index (χ1n) is 9.58. The summed E-state index contributed by atoms with van der Waals surface area (Å²) < 4.78 is 26.6. The van der Waals surface area contributed by atoms with Crippen LogP contribution in [-0.4, -0.2) is 22.5 Å². The third-order valence-electron chi connectivity index (χ3n) is 5.52. The van der Waals surface area contributed by atoms with Gasteiger partial charge in [0.25, 0.3) is 0 Å². The number of halogens is 1. The summed E-state index contributed by atoms with van der Waals surface area (Å²) in [5, 5.41) is 0. The molecule has 2 nitrogen and oxygen atoms in total. The highest BCUT2D eigenvalue weighted by Gasteiger charge is 2.50. The quantitative estimate of drug-likeness (QED) is 0.568. The summed E-state index contributed by atoms with van der Waals surface area (Å²) in [6.07, 6.45) is 0.812. The van der Waals surface area contributed by atoms with E-state index >= 15 is 0 Å². The SMILES string of the molecule is Cc1ccc(C2([S+]([O-])c3ccc(F)cc3)CCN(Cc3ccccc3)C2)cc1. The fourth-order valence-electron chi connectivity index (χ4n) is 3.97. The lowest BCUT2D eigenvalue weighted by molar-refractivity contribution is 0.320. The Morgan fingerprint density at radius 2 is 1.64 bits per heavy atom. The smallest absolute Gasteiger partial charge is 0.169 e. The van der Waals surface area contributed by atoms with Gasteiger partial charge in [0.15, 0.2) is 9.64 Å². The molecule has 0 amide bonds. The predicted octanol–water partition coefficient (Wildman–Crippen LogP) is 5.04. The van der Waals surface area contributed by atoms with Crippen LogP contribution in [0.3, 0.4) is 0 Å². The van der Waals surface area contributed by atoms with Crippen molar-refractivity contribution in [1.82, 2.24) is 4.90 Å². The van der Waals surface area contributed by atoms with Gasteiger partial charge in [-0.1, -0.05) is 60.2 Å². The van der Waals surface area contributed by atoms with Gasteiger partial charge in [0.05, 0.1) is 6.54 Å². The van der Waals surface area contributed by atoms with Crippen LogP contribution in [0.2, 0.25) is 0 Å². The lowest BCUT2D eigenvalue weighted by Crippen LogP contribution is -2.39. The second-order valence-corrected chi connectivity index (χ2v) is 9.32. The molecule has 0 N–H and O–H groups in total. The molecule has 0 saturated carbocycles. The van der Waals surface area contributed by atoms with E-state index in [9.17, 15) is 8.94 Å². The van der Waals surface area contributed by atoms with E-state index < -0.39 is 15.9 Å². The Bertz CT molecular complexity index is 914. The zero-order valence-electron chi connectivity index (χ0n) is 16.0. The molecular formula is C24H24FNOS. The molecule has 3 aromatic carbocycles. The molecule has 28 heavy (non-hydrogen) atoms. The summed E-state index contributed by atoms with van der Waals surface area (Å²) in [6, 6.07) is 24.8. The van der Waals surface area contributed by atoms with Gasteiger partial charge in [-0.2, -0.15) is 0 Å². The molecule has 1 saturated heterocycles. The lowest BCUT2D eigenvalue weighted by atomic mass is 9.96. The van der Waals surface area contributed by atoms with Gasteiger partial charge in [0.2, 0.25) is 0 Å². The van der Waals surface area contributed by atoms with Gasteiger partial charge < -0.3 is 4.55 Å². The minimum absolute atomic E-state index is 0.303. The monoisotopic (exact) mass is 393 g/mol. The summed E-state index contributed by atoms with van der Waals surface area (Å²) in [7, 11) is 0. The minimum atomic E-state index is -1.27. The molecule has 1 aliphatic rings. The van der Waals surface area contributed by atoms with Crippen molar-refractivity contribution in [3.05, 3.63) is 101 Å². The highest BCUT2D eigenvalue weighted by Crippen LogP contribution is 2.43. The van der Waals surface area contributed by atoms with Crippen LogP contribution in [0.15, 0.2) is 83.8 Å². The van der Waals surface area contributed by atoms with E-state index in [0.717, 1.165) is 31.6 Å². The molecule has 1 fully saturated rings. The van der Waals surface area contributed by atoms with Crippen LogP contribution in [0, 0.1) is 12.7 Å². The van der Waals surface area contributed by atoms with Gasteiger partial charge in [0.1, 0.15) is 5.82 Å². The molecule has 0 aromatic heterocycles. The first kappa shape index (κ1) is 19.2. The van der Waals surface area contributed by atoms with Gasteiger partial charge in [0, 0.05) is 25.1 Å². The standard InChI is InChI=1S/C24H24FNOS/c1-19-7-9-21(10-8-19)24(28(27)23-13-11-22(25)12-14-23)15-16-26(18-24)17-20-5-3-2-4-6-20/h2-14H,15-18H2,1H3. The molecule has 2 unspecified atom stereocenters. The Kier molecular flexibility index (Phi) is 5.54. The van der Waals surface area contributed by atoms with Crippen molar-refractivity contribution in [3.63, 3.8) is 0 Å². The Labute approximate surface area is 169 Å². The van der Waals surface area contributed by atoms with E-state index in [4.69, 9.17) is 0 Å². The Hall–Kier alpha value is -2.14. The third-order valence-corrected chi connectivity index (χ3v) is 7.50. The Morgan fingerprint density at radius 3 is 2.32 bits per heavy atom. The van der Waals surface area contributed by atoms with Gasteiger partial charge in [-0.25, -0.2) is 4.39 Å². The van der Waals surface area contributed by atoms with Crippen LogP contribution in [0.1, 0.15) is 23.1 Å². The van der Waals surface area contributed by atoms with Gasteiger partial charge in [-0.15, -0.1) is 0 Å². The van der Waals surface area contributed by atoms with Gasteiger partial charge in [-0.3, -0.25) is 4.90 Å². The van der Waals surface area contributed by atoms with Crippen LogP contribution in [0.5, 0.6) is 0 Å². The lowest BCUT2D eigenvalue weighted by Gasteiger charge is -2.32. The average Bonchev–Trinajstić information content (AvgIpc) is 3.14. The van der Waals surface area contributed by atoms with E-state index in [-0.39, 0.29) is 5.82 Å². The third kappa shape index (κ3) is 3.86. The molecule has 2 atom stereocenters. The van der Waals surface area contributed by atoms with E-state index in [2.05, 4.69) is 60.4 Å². The fourth-order valence-corrected chi connectivity index (χ4v) is 5.73. The summed E-state index contributed by atoms with van der Waals surface area (Å²) >= 11 is -1.27. The maximum atomic E-state index is 13.7. The van der Waals surface area contributed by atoms with Crippen molar-refractivity contribution in [2.24, 2.45) is 0 Å². The molecule has 1 heterocycles. The largest absolute Gasteiger partial charge is 0.611 e. The van der Waals surface area contributed by atoms with Crippen LogP contribution >= 0.6 is 0 Å². The molecule has 3 aromatic rings. The maximum absolute atomic E-state index is 13.7. The summed E-state index contributed by atoms with van der Waals surface area (Å²) in [6.45, 7) is 4.50. The molecule has 144 valence electrons. The van der Waals surface area contributed by atoms with Gasteiger partial charge in [-0.05, 0) is 47.9 Å². The second kappa shape index (κ2) is 8.08. The molecule has 4 heteroatoms. The predicted molar refractivity (Wildman–Crippen MR) is 112 cm³/mol. The first-order chi connectivity index (χ1) is 13.6. The van der Waals surface area contributed by atoms with Crippen molar-refractivity contribution >= 4 is 11.2 Å². The number of aryl methyl sites for hydroxylation is 1. The number of hydrogen-bond acceptors (Lipinski definition) is 2. The normalized spacial score (nSPS) is 21.0. The van der Waals surface area contributed by atoms with Crippen molar-refractivity contribution in [2.75, 3.05) is 13.1 Å². The zero-order valence-corrected chi connectivity index (χ0v) is 16.8. The van der Waals surface area contributed by atoms with Crippen molar-refractivity contribution in [2.45, 2.75) is 29.5 Å². The zero-order chi connectivity index (χ0) is 19.6. The summed E-state index contributed by atoms with van der Waals surface area (Å²) in [4.78, 5) is 3.06. The van der Waals surface area contributed by atoms with Gasteiger partial charge >= 0.3 is 0 Å². The van der Waals surface area contributed by atoms with Crippen molar-refractivity contribution in [3.8, 4) is 0 Å². The van der Waals surface area contributed by atoms with Crippen molar-refractivity contribution < 1.29 is 8.94 Å². The molecule has 4 rings (SSSR count).